The van der Waals surface area contributed by atoms with Crippen molar-refractivity contribution in [3.05, 3.63) is 23.8 Å². The third-order valence-corrected chi connectivity index (χ3v) is 8.48. The minimum Gasteiger partial charge on any atom is -0.481 e. The largest absolute Gasteiger partial charge is 0.481 e. The molecule has 1 N–H and O–H groups in total. The third-order valence-electron chi connectivity index (χ3n) is 8.48. The zero-order valence-electron chi connectivity index (χ0n) is 16.7. The number of aliphatic carboxylic acids is 1. The monoisotopic (exact) mass is 372 g/mol. The van der Waals surface area contributed by atoms with E-state index in [4.69, 9.17) is 4.74 Å². The molecule has 4 rings (SSSR count). The first kappa shape index (κ1) is 18.8. The summed E-state index contributed by atoms with van der Waals surface area (Å²) >= 11 is 0. The molecule has 0 heterocycles. The Hall–Kier alpha value is -1.58. The van der Waals surface area contributed by atoms with Gasteiger partial charge in [-0.25, -0.2) is 0 Å². The Morgan fingerprint density at radius 2 is 2.00 bits per heavy atom. The summed E-state index contributed by atoms with van der Waals surface area (Å²) in [5.41, 5.74) is 1.26. The van der Waals surface area contributed by atoms with Crippen LogP contribution in [0.2, 0.25) is 0 Å². The lowest BCUT2D eigenvalue weighted by molar-refractivity contribution is -0.168. The van der Waals surface area contributed by atoms with Crippen molar-refractivity contribution in [2.45, 2.75) is 71.8 Å². The van der Waals surface area contributed by atoms with Crippen molar-refractivity contribution in [2.24, 2.45) is 34.5 Å². The van der Waals surface area contributed by atoms with Crippen molar-refractivity contribution in [1.29, 1.82) is 0 Å². The van der Waals surface area contributed by atoms with E-state index in [1.165, 1.54) is 5.57 Å². The molecule has 148 valence electrons. The highest BCUT2D eigenvalue weighted by atomic mass is 16.5. The van der Waals surface area contributed by atoms with Crippen molar-refractivity contribution in [2.75, 3.05) is 0 Å². The molecule has 4 aliphatic rings. The van der Waals surface area contributed by atoms with E-state index < -0.39 is 5.97 Å². The second kappa shape index (κ2) is 6.49. The molecule has 0 bridgehead atoms. The number of carbonyl (C=O) groups excluding carboxylic acids is 1. The molecule has 0 aromatic carbocycles. The summed E-state index contributed by atoms with van der Waals surface area (Å²) in [6, 6.07) is 0. The van der Waals surface area contributed by atoms with Crippen LogP contribution in [0.4, 0.5) is 0 Å². The topological polar surface area (TPSA) is 63.6 Å². The van der Waals surface area contributed by atoms with Crippen molar-refractivity contribution >= 4 is 11.9 Å². The number of carboxylic acid groups (broad SMARTS) is 1. The Balaban J connectivity index is 1.74. The summed E-state index contributed by atoms with van der Waals surface area (Å²) in [5.74, 6) is -0.0452. The van der Waals surface area contributed by atoms with Crippen LogP contribution >= 0.6 is 0 Å². The van der Waals surface area contributed by atoms with E-state index in [1.807, 2.05) is 6.92 Å². The number of ether oxygens (including phenoxy) is 1. The lowest BCUT2D eigenvalue weighted by atomic mass is 9.47. The van der Waals surface area contributed by atoms with Crippen LogP contribution in [0.25, 0.3) is 0 Å². The fraction of sp³-hybridized carbons (Fsp3) is 0.739. The van der Waals surface area contributed by atoms with Gasteiger partial charge in [0.05, 0.1) is 5.92 Å². The minimum atomic E-state index is -0.652. The Morgan fingerprint density at radius 3 is 2.70 bits per heavy atom. The van der Waals surface area contributed by atoms with Crippen molar-refractivity contribution in [3.8, 4) is 0 Å². The van der Waals surface area contributed by atoms with Crippen LogP contribution in [0.5, 0.6) is 0 Å². The number of carbonyl (C=O) groups is 2. The average Bonchev–Trinajstić information content (AvgIpc) is 2.99. The first-order valence-corrected chi connectivity index (χ1v) is 10.6. The van der Waals surface area contributed by atoms with E-state index in [0.717, 1.165) is 38.5 Å². The molecule has 0 aromatic rings. The third kappa shape index (κ3) is 2.70. The van der Waals surface area contributed by atoms with Crippen molar-refractivity contribution in [1.82, 2.24) is 0 Å². The lowest BCUT2D eigenvalue weighted by Gasteiger charge is -2.58. The fourth-order valence-corrected chi connectivity index (χ4v) is 7.06. The molecule has 0 aromatic heterocycles. The number of esters is 1. The van der Waals surface area contributed by atoms with E-state index in [1.54, 1.807) is 0 Å². The summed E-state index contributed by atoms with van der Waals surface area (Å²) in [5, 5.41) is 9.80. The molecule has 0 spiro atoms. The second-order valence-electron chi connectivity index (χ2n) is 9.54. The van der Waals surface area contributed by atoms with Crippen LogP contribution in [-0.4, -0.2) is 23.1 Å². The van der Waals surface area contributed by atoms with E-state index in [-0.39, 0.29) is 34.7 Å². The summed E-state index contributed by atoms with van der Waals surface area (Å²) in [6.07, 6.45) is 12.7. The molecule has 4 heteroatoms. The summed E-state index contributed by atoms with van der Waals surface area (Å²) in [4.78, 5) is 24.1. The molecule has 0 amide bonds. The van der Waals surface area contributed by atoms with Gasteiger partial charge >= 0.3 is 11.9 Å². The Labute approximate surface area is 162 Å². The second-order valence-corrected chi connectivity index (χ2v) is 9.54. The van der Waals surface area contributed by atoms with E-state index >= 15 is 0 Å². The molecule has 0 aliphatic heterocycles. The molecule has 7 atom stereocenters. The predicted octanol–water partition coefficient (Wildman–Crippen LogP) is 4.75. The molecular formula is C23H32O4. The molecule has 3 fully saturated rings. The van der Waals surface area contributed by atoms with Gasteiger partial charge in [0.15, 0.2) is 0 Å². The molecule has 3 saturated carbocycles. The maximum atomic E-state index is 12.2. The molecule has 0 saturated heterocycles. The van der Waals surface area contributed by atoms with Crippen molar-refractivity contribution < 1.29 is 19.4 Å². The smallest absolute Gasteiger partial charge is 0.307 e. The summed E-state index contributed by atoms with van der Waals surface area (Å²) in [7, 11) is 0. The summed E-state index contributed by atoms with van der Waals surface area (Å²) in [6.45, 7) is 6.37. The first-order valence-electron chi connectivity index (χ1n) is 10.6. The predicted molar refractivity (Wildman–Crippen MR) is 103 cm³/mol. The number of hydrogen-bond acceptors (Lipinski definition) is 3. The quantitative estimate of drug-likeness (QED) is 0.574. The van der Waals surface area contributed by atoms with Crippen LogP contribution < -0.4 is 0 Å². The standard InChI is InChI=1S/C23H32O4/c1-4-19(24)27-18-13-14-7-5-6-11-22(14,2)16-10-12-23(3)15(20(16)18)8-9-17(23)21(25)26/h6-7,11,15-18,20H,4-5,8-10,12-13H2,1-3H3,(H,25,26)/t15-,16-,17-,18+,20-,22-,23-/m0/s1. The first-order chi connectivity index (χ1) is 12.8. The van der Waals surface area contributed by atoms with E-state index in [2.05, 4.69) is 32.1 Å². The lowest BCUT2D eigenvalue weighted by Crippen LogP contribution is -2.55. The Bertz CT molecular complexity index is 707. The van der Waals surface area contributed by atoms with Gasteiger partial charge in [0.25, 0.3) is 0 Å². The van der Waals surface area contributed by atoms with Gasteiger partial charge in [0.2, 0.25) is 0 Å². The Morgan fingerprint density at radius 1 is 1.22 bits per heavy atom. The molecule has 0 radical (unpaired) electrons. The van der Waals surface area contributed by atoms with E-state index in [0.29, 0.717) is 18.3 Å². The maximum absolute atomic E-state index is 12.2. The Kier molecular flexibility index (Phi) is 4.51. The fourth-order valence-electron chi connectivity index (χ4n) is 7.06. The van der Waals surface area contributed by atoms with Crippen LogP contribution in [-0.2, 0) is 14.3 Å². The summed E-state index contributed by atoms with van der Waals surface area (Å²) < 4.78 is 6.00. The zero-order valence-corrected chi connectivity index (χ0v) is 16.7. The van der Waals surface area contributed by atoms with E-state index in [9.17, 15) is 14.7 Å². The van der Waals surface area contributed by atoms with Crippen LogP contribution in [0.3, 0.4) is 0 Å². The van der Waals surface area contributed by atoms with Crippen LogP contribution in [0.1, 0.15) is 65.7 Å². The molecule has 0 unspecified atom stereocenters. The highest BCUT2D eigenvalue weighted by Crippen LogP contribution is 2.66. The zero-order chi connectivity index (χ0) is 19.4. The van der Waals surface area contributed by atoms with Gasteiger partial charge in [-0.3, -0.25) is 9.59 Å². The normalized spacial score (nSPS) is 45.3. The highest BCUT2D eigenvalue weighted by molar-refractivity contribution is 5.72. The average molecular weight is 373 g/mol. The maximum Gasteiger partial charge on any atom is 0.307 e. The number of hydrogen-bond donors (Lipinski definition) is 1. The van der Waals surface area contributed by atoms with Gasteiger partial charge in [0.1, 0.15) is 6.10 Å². The van der Waals surface area contributed by atoms with Crippen LogP contribution in [0, 0.1) is 34.5 Å². The highest BCUT2D eigenvalue weighted by Gasteiger charge is 2.62. The molecule has 4 aliphatic carbocycles. The van der Waals surface area contributed by atoms with Crippen LogP contribution in [0.15, 0.2) is 23.8 Å². The number of allylic oxidation sites excluding steroid dienone is 3. The van der Waals surface area contributed by atoms with Gasteiger partial charge in [-0.1, -0.05) is 44.6 Å². The number of carboxylic acids is 1. The molecule has 27 heavy (non-hydrogen) atoms. The van der Waals surface area contributed by atoms with Crippen molar-refractivity contribution in [3.63, 3.8) is 0 Å². The minimum absolute atomic E-state index is 0.0285. The molecule has 4 nitrogen and oxygen atoms in total. The van der Waals surface area contributed by atoms with Gasteiger partial charge in [0, 0.05) is 24.2 Å². The number of fused-ring (bicyclic) bond motifs is 5. The number of rotatable bonds is 3. The van der Waals surface area contributed by atoms with Gasteiger partial charge in [-0.2, -0.15) is 0 Å². The van der Waals surface area contributed by atoms with Gasteiger partial charge in [-0.15, -0.1) is 0 Å². The van der Waals surface area contributed by atoms with Gasteiger partial charge < -0.3 is 9.84 Å². The SMILES string of the molecule is CCC(=O)O[C@@H]1CC2=CCC=C[C@]2(C)[C@H]2CC[C@]3(C)[C@H](C(=O)O)CC[C@H]3[C@H]12. The molecular weight excluding hydrogens is 340 g/mol. The van der Waals surface area contributed by atoms with Gasteiger partial charge in [-0.05, 0) is 49.4 Å².